The minimum absolute atomic E-state index is 0.0318. The highest BCUT2D eigenvalue weighted by molar-refractivity contribution is 7.89. The number of hydrogen-bond donors (Lipinski definition) is 2. The van der Waals surface area contributed by atoms with E-state index in [1.807, 2.05) is 24.3 Å². The van der Waals surface area contributed by atoms with Gasteiger partial charge in [-0.25, -0.2) is 13.6 Å². The van der Waals surface area contributed by atoms with Crippen molar-refractivity contribution < 1.29 is 17.9 Å². The van der Waals surface area contributed by atoms with Crippen LogP contribution >= 0.6 is 0 Å². The average molecular weight is 360 g/mol. The van der Waals surface area contributed by atoms with E-state index in [-0.39, 0.29) is 16.7 Å². The van der Waals surface area contributed by atoms with Gasteiger partial charge >= 0.3 is 0 Å². The summed E-state index contributed by atoms with van der Waals surface area (Å²) in [4.78, 5) is 12.4. The van der Waals surface area contributed by atoms with Crippen LogP contribution in [0, 0.1) is 5.92 Å². The summed E-state index contributed by atoms with van der Waals surface area (Å²) in [6, 6.07) is 14.1. The van der Waals surface area contributed by atoms with Gasteiger partial charge in [0.25, 0.3) is 0 Å². The maximum atomic E-state index is 12.3. The number of nitrogens with two attached hydrogens (primary N) is 1. The molecule has 0 aliphatic carbocycles. The quantitative estimate of drug-likeness (QED) is 0.838. The van der Waals surface area contributed by atoms with Crippen LogP contribution in [0.1, 0.15) is 11.1 Å². The SMILES string of the molecule is NS(=O)(=O)c1ccc(CCNC(=O)[C@@H]2COc3ccccc3C2)cc1. The van der Waals surface area contributed by atoms with Crippen molar-refractivity contribution in [1.29, 1.82) is 0 Å². The van der Waals surface area contributed by atoms with Crippen molar-refractivity contribution in [2.45, 2.75) is 17.7 Å². The van der Waals surface area contributed by atoms with E-state index in [1.165, 1.54) is 12.1 Å². The van der Waals surface area contributed by atoms with Crippen molar-refractivity contribution in [3.8, 4) is 5.75 Å². The number of nitrogens with one attached hydrogen (secondary N) is 1. The van der Waals surface area contributed by atoms with Gasteiger partial charge in [-0.2, -0.15) is 0 Å². The largest absolute Gasteiger partial charge is 0.492 e. The Morgan fingerprint density at radius 1 is 1.16 bits per heavy atom. The summed E-state index contributed by atoms with van der Waals surface area (Å²) in [7, 11) is -3.68. The average Bonchev–Trinajstić information content (AvgIpc) is 2.61. The molecule has 7 heteroatoms. The molecule has 0 saturated carbocycles. The number of rotatable bonds is 5. The van der Waals surface area contributed by atoms with Crippen LogP contribution in [0.2, 0.25) is 0 Å². The van der Waals surface area contributed by atoms with E-state index in [1.54, 1.807) is 12.1 Å². The van der Waals surface area contributed by atoms with Crippen molar-refractivity contribution in [3.63, 3.8) is 0 Å². The third-order valence-electron chi connectivity index (χ3n) is 4.21. The van der Waals surface area contributed by atoms with Crippen molar-refractivity contribution >= 4 is 15.9 Å². The highest BCUT2D eigenvalue weighted by Crippen LogP contribution is 2.26. The van der Waals surface area contributed by atoms with Crippen LogP contribution in [0.5, 0.6) is 5.75 Å². The topological polar surface area (TPSA) is 98.5 Å². The van der Waals surface area contributed by atoms with E-state index in [9.17, 15) is 13.2 Å². The number of para-hydroxylation sites is 1. The summed E-state index contributed by atoms with van der Waals surface area (Å²) >= 11 is 0. The Morgan fingerprint density at radius 2 is 1.88 bits per heavy atom. The first-order valence-electron chi connectivity index (χ1n) is 8.03. The number of benzene rings is 2. The second-order valence-corrected chi connectivity index (χ2v) is 7.61. The van der Waals surface area contributed by atoms with Gasteiger partial charge in [-0.05, 0) is 42.2 Å². The van der Waals surface area contributed by atoms with Gasteiger partial charge in [0.15, 0.2) is 0 Å². The van der Waals surface area contributed by atoms with Gasteiger partial charge in [-0.15, -0.1) is 0 Å². The standard InChI is InChI=1S/C18H20N2O4S/c19-25(22,23)16-7-5-13(6-8-16)9-10-20-18(21)15-11-14-3-1-2-4-17(14)24-12-15/h1-8,15H,9-12H2,(H,20,21)(H2,19,22,23)/t15-/m0/s1. The number of sulfonamides is 1. The molecule has 1 atom stereocenters. The molecule has 0 saturated heterocycles. The zero-order valence-corrected chi connectivity index (χ0v) is 14.5. The first-order chi connectivity index (χ1) is 11.9. The van der Waals surface area contributed by atoms with Gasteiger partial charge in [0, 0.05) is 6.54 Å². The molecule has 0 radical (unpaired) electrons. The number of amides is 1. The Bertz CT molecular complexity index is 863. The van der Waals surface area contributed by atoms with Gasteiger partial charge in [0.2, 0.25) is 15.9 Å². The number of carbonyl (C=O) groups excluding carboxylic acids is 1. The normalized spacial score (nSPS) is 16.6. The predicted octanol–water partition coefficient (Wildman–Crippen LogP) is 1.24. The molecule has 0 bridgehead atoms. The third-order valence-corrected chi connectivity index (χ3v) is 5.14. The van der Waals surface area contributed by atoms with E-state index in [4.69, 9.17) is 9.88 Å². The summed E-state index contributed by atoms with van der Waals surface area (Å²) in [5, 5.41) is 7.98. The Hall–Kier alpha value is -2.38. The van der Waals surface area contributed by atoms with E-state index in [0.717, 1.165) is 16.9 Å². The summed E-state index contributed by atoms with van der Waals surface area (Å²) in [5.41, 5.74) is 1.98. The summed E-state index contributed by atoms with van der Waals surface area (Å²) in [6.45, 7) is 0.859. The zero-order valence-electron chi connectivity index (χ0n) is 13.6. The summed E-state index contributed by atoms with van der Waals surface area (Å²) < 4.78 is 28.1. The highest BCUT2D eigenvalue weighted by atomic mass is 32.2. The number of hydrogen-bond acceptors (Lipinski definition) is 4. The Labute approximate surface area is 147 Å². The molecular weight excluding hydrogens is 340 g/mol. The number of ether oxygens (including phenoxy) is 1. The van der Waals surface area contributed by atoms with E-state index in [2.05, 4.69) is 5.32 Å². The number of carbonyl (C=O) groups is 1. The van der Waals surface area contributed by atoms with Crippen molar-refractivity contribution in [2.24, 2.45) is 11.1 Å². The predicted molar refractivity (Wildman–Crippen MR) is 93.7 cm³/mol. The molecule has 3 rings (SSSR count). The molecule has 1 aliphatic heterocycles. The Morgan fingerprint density at radius 3 is 2.60 bits per heavy atom. The lowest BCUT2D eigenvalue weighted by atomic mass is 9.96. The van der Waals surface area contributed by atoms with E-state index >= 15 is 0 Å². The molecule has 1 heterocycles. The van der Waals surface area contributed by atoms with Crippen molar-refractivity contribution in [3.05, 3.63) is 59.7 Å². The van der Waals surface area contributed by atoms with Gasteiger partial charge in [-0.1, -0.05) is 30.3 Å². The highest BCUT2D eigenvalue weighted by Gasteiger charge is 2.25. The molecule has 2 aromatic carbocycles. The fourth-order valence-electron chi connectivity index (χ4n) is 2.82. The lowest BCUT2D eigenvalue weighted by Gasteiger charge is -2.24. The molecule has 2 aromatic rings. The fraction of sp³-hybridized carbons (Fsp3) is 0.278. The zero-order chi connectivity index (χ0) is 17.9. The van der Waals surface area contributed by atoms with Crippen LogP contribution in [0.25, 0.3) is 0 Å². The van der Waals surface area contributed by atoms with Crippen LogP contribution < -0.4 is 15.2 Å². The molecule has 1 aliphatic rings. The first-order valence-corrected chi connectivity index (χ1v) is 9.58. The van der Waals surface area contributed by atoms with Gasteiger partial charge in [0.05, 0.1) is 10.8 Å². The molecule has 25 heavy (non-hydrogen) atoms. The Kier molecular flexibility index (Phi) is 5.06. The second kappa shape index (κ2) is 7.25. The second-order valence-electron chi connectivity index (χ2n) is 6.05. The molecule has 6 nitrogen and oxygen atoms in total. The van der Waals surface area contributed by atoms with Gasteiger partial charge < -0.3 is 10.1 Å². The van der Waals surface area contributed by atoms with Crippen molar-refractivity contribution in [2.75, 3.05) is 13.2 Å². The molecule has 0 unspecified atom stereocenters. The lowest BCUT2D eigenvalue weighted by molar-refractivity contribution is -0.126. The Balaban J connectivity index is 1.50. The molecule has 132 valence electrons. The van der Waals surface area contributed by atoms with Crippen LogP contribution in [-0.4, -0.2) is 27.5 Å². The molecule has 1 amide bonds. The van der Waals surface area contributed by atoms with Gasteiger partial charge in [-0.3, -0.25) is 4.79 Å². The van der Waals surface area contributed by atoms with E-state index < -0.39 is 10.0 Å². The van der Waals surface area contributed by atoms with Gasteiger partial charge in [0.1, 0.15) is 12.4 Å². The molecular formula is C18H20N2O4S. The minimum Gasteiger partial charge on any atom is -0.492 e. The number of fused-ring (bicyclic) bond motifs is 1. The molecule has 0 fully saturated rings. The minimum atomic E-state index is -3.68. The molecule has 0 aromatic heterocycles. The van der Waals surface area contributed by atoms with Crippen LogP contribution in [0.15, 0.2) is 53.4 Å². The maximum Gasteiger partial charge on any atom is 0.238 e. The summed E-state index contributed by atoms with van der Waals surface area (Å²) in [5.74, 6) is 0.622. The van der Waals surface area contributed by atoms with Crippen LogP contribution in [0.3, 0.4) is 0 Å². The third kappa shape index (κ3) is 4.37. The van der Waals surface area contributed by atoms with Crippen molar-refractivity contribution in [1.82, 2.24) is 5.32 Å². The lowest BCUT2D eigenvalue weighted by Crippen LogP contribution is -2.38. The molecule has 3 N–H and O–H groups in total. The monoisotopic (exact) mass is 360 g/mol. The van der Waals surface area contributed by atoms with Crippen LogP contribution in [0.4, 0.5) is 0 Å². The first kappa shape index (κ1) is 17.4. The summed E-state index contributed by atoms with van der Waals surface area (Å²) in [6.07, 6.45) is 1.28. The fourth-order valence-corrected chi connectivity index (χ4v) is 3.33. The maximum absolute atomic E-state index is 12.3. The number of primary sulfonamides is 1. The van der Waals surface area contributed by atoms with E-state index in [0.29, 0.717) is 26.0 Å². The molecule has 0 spiro atoms. The smallest absolute Gasteiger partial charge is 0.238 e. The van der Waals surface area contributed by atoms with Crippen LogP contribution in [-0.2, 0) is 27.7 Å².